The molecule has 14 heavy (non-hydrogen) atoms. The van der Waals surface area contributed by atoms with Gasteiger partial charge in [0.25, 0.3) is 0 Å². The van der Waals surface area contributed by atoms with Gasteiger partial charge >= 0.3 is 0 Å². The highest BCUT2D eigenvalue weighted by Crippen LogP contribution is 2.11. The van der Waals surface area contributed by atoms with Crippen LogP contribution < -0.4 is 5.32 Å². The molecule has 0 saturated heterocycles. The zero-order valence-corrected chi connectivity index (χ0v) is 10.3. The molecule has 0 aliphatic rings. The Morgan fingerprint density at radius 3 is 2.43 bits per heavy atom. The molecular weight excluding hydrogens is 174 g/mol. The lowest BCUT2D eigenvalue weighted by atomic mass is 9.96. The van der Waals surface area contributed by atoms with E-state index in [-0.39, 0.29) is 0 Å². The highest BCUT2D eigenvalue weighted by atomic mass is 16.5. The number of rotatable bonds is 9. The van der Waals surface area contributed by atoms with Crippen molar-refractivity contribution in [3.63, 3.8) is 0 Å². The van der Waals surface area contributed by atoms with Gasteiger partial charge in [-0.1, -0.05) is 20.8 Å². The van der Waals surface area contributed by atoms with Crippen LogP contribution in [0, 0.1) is 5.92 Å². The van der Waals surface area contributed by atoms with Gasteiger partial charge in [-0.2, -0.15) is 0 Å². The van der Waals surface area contributed by atoms with Crippen LogP contribution in [0.4, 0.5) is 0 Å². The standard InChI is InChI=1S/C12H27NO/c1-5-9-13-12(6-2)11(4)8-10-14-7-3/h11-13H,5-10H2,1-4H3. The van der Waals surface area contributed by atoms with E-state index >= 15 is 0 Å². The van der Waals surface area contributed by atoms with Crippen molar-refractivity contribution in [1.82, 2.24) is 5.32 Å². The second-order valence-electron chi connectivity index (χ2n) is 3.93. The lowest BCUT2D eigenvalue weighted by molar-refractivity contribution is 0.127. The minimum absolute atomic E-state index is 0.662. The predicted octanol–water partition coefficient (Wildman–Crippen LogP) is 2.83. The average Bonchev–Trinajstić information content (AvgIpc) is 2.19. The van der Waals surface area contributed by atoms with Gasteiger partial charge in [0.1, 0.15) is 0 Å². The largest absolute Gasteiger partial charge is 0.382 e. The summed E-state index contributed by atoms with van der Waals surface area (Å²) < 4.78 is 5.38. The average molecular weight is 201 g/mol. The van der Waals surface area contributed by atoms with E-state index in [1.807, 2.05) is 0 Å². The summed E-state index contributed by atoms with van der Waals surface area (Å²) in [6.45, 7) is 11.7. The highest BCUT2D eigenvalue weighted by Gasteiger charge is 2.13. The molecule has 0 aromatic carbocycles. The van der Waals surface area contributed by atoms with Crippen LogP contribution in [0.5, 0.6) is 0 Å². The zero-order valence-electron chi connectivity index (χ0n) is 10.3. The Hall–Kier alpha value is -0.0800. The van der Waals surface area contributed by atoms with E-state index in [9.17, 15) is 0 Å². The summed E-state index contributed by atoms with van der Waals surface area (Å²) in [7, 11) is 0. The topological polar surface area (TPSA) is 21.3 Å². The van der Waals surface area contributed by atoms with Crippen molar-refractivity contribution in [1.29, 1.82) is 0 Å². The molecular formula is C12H27NO. The highest BCUT2D eigenvalue weighted by molar-refractivity contribution is 4.71. The van der Waals surface area contributed by atoms with Crippen LogP contribution in [0.15, 0.2) is 0 Å². The summed E-state index contributed by atoms with van der Waals surface area (Å²) in [5.41, 5.74) is 0. The quantitative estimate of drug-likeness (QED) is 0.579. The Balaban J connectivity index is 3.61. The van der Waals surface area contributed by atoms with Crippen molar-refractivity contribution in [2.45, 2.75) is 53.0 Å². The molecule has 0 spiro atoms. The fourth-order valence-corrected chi connectivity index (χ4v) is 1.69. The van der Waals surface area contributed by atoms with Gasteiger partial charge in [-0.15, -0.1) is 0 Å². The Kier molecular flexibility index (Phi) is 9.42. The summed E-state index contributed by atoms with van der Waals surface area (Å²) in [6.07, 6.45) is 3.60. The van der Waals surface area contributed by atoms with Gasteiger partial charge < -0.3 is 10.1 Å². The van der Waals surface area contributed by atoms with E-state index in [2.05, 4.69) is 33.0 Å². The molecule has 0 saturated carbocycles. The van der Waals surface area contributed by atoms with Crippen molar-refractivity contribution >= 4 is 0 Å². The summed E-state index contributed by atoms with van der Waals surface area (Å²) in [5.74, 6) is 0.720. The Bertz CT molecular complexity index is 117. The smallest absolute Gasteiger partial charge is 0.0469 e. The molecule has 0 aliphatic carbocycles. The maximum atomic E-state index is 5.38. The molecule has 2 nitrogen and oxygen atoms in total. The van der Waals surface area contributed by atoms with Gasteiger partial charge in [0.2, 0.25) is 0 Å². The molecule has 0 amide bonds. The maximum Gasteiger partial charge on any atom is 0.0469 e. The van der Waals surface area contributed by atoms with Crippen molar-refractivity contribution in [3.8, 4) is 0 Å². The van der Waals surface area contributed by atoms with Gasteiger partial charge in [0.05, 0.1) is 0 Å². The molecule has 0 fully saturated rings. The van der Waals surface area contributed by atoms with E-state index < -0.39 is 0 Å². The van der Waals surface area contributed by atoms with Gasteiger partial charge in [0, 0.05) is 19.3 Å². The third kappa shape index (κ3) is 6.39. The lowest BCUT2D eigenvalue weighted by Gasteiger charge is -2.23. The predicted molar refractivity (Wildman–Crippen MR) is 62.6 cm³/mol. The van der Waals surface area contributed by atoms with Crippen LogP contribution in [0.2, 0.25) is 0 Å². The van der Waals surface area contributed by atoms with Crippen molar-refractivity contribution in [2.75, 3.05) is 19.8 Å². The van der Waals surface area contributed by atoms with Crippen molar-refractivity contribution < 1.29 is 4.74 Å². The molecule has 2 heteroatoms. The third-order valence-corrected chi connectivity index (χ3v) is 2.70. The van der Waals surface area contributed by atoms with Gasteiger partial charge in [0.15, 0.2) is 0 Å². The minimum atomic E-state index is 0.662. The second-order valence-corrected chi connectivity index (χ2v) is 3.93. The van der Waals surface area contributed by atoms with Crippen LogP contribution in [0.25, 0.3) is 0 Å². The van der Waals surface area contributed by atoms with Gasteiger partial charge in [-0.3, -0.25) is 0 Å². The first kappa shape index (κ1) is 13.9. The second kappa shape index (κ2) is 9.47. The third-order valence-electron chi connectivity index (χ3n) is 2.70. The van der Waals surface area contributed by atoms with Crippen LogP contribution in [-0.2, 0) is 4.74 Å². The van der Waals surface area contributed by atoms with Crippen molar-refractivity contribution in [3.05, 3.63) is 0 Å². The van der Waals surface area contributed by atoms with Gasteiger partial charge in [-0.25, -0.2) is 0 Å². The van der Waals surface area contributed by atoms with E-state index in [4.69, 9.17) is 4.74 Å². The van der Waals surface area contributed by atoms with Crippen LogP contribution in [0.1, 0.15) is 47.0 Å². The molecule has 0 aromatic rings. The molecule has 0 rings (SSSR count). The molecule has 2 unspecified atom stereocenters. The van der Waals surface area contributed by atoms with Crippen LogP contribution >= 0.6 is 0 Å². The Morgan fingerprint density at radius 1 is 1.21 bits per heavy atom. The molecule has 0 aromatic heterocycles. The first-order chi connectivity index (χ1) is 6.76. The summed E-state index contributed by atoms with van der Waals surface area (Å²) >= 11 is 0. The number of nitrogens with one attached hydrogen (secondary N) is 1. The van der Waals surface area contributed by atoms with Gasteiger partial charge in [-0.05, 0) is 38.6 Å². The lowest BCUT2D eigenvalue weighted by Crippen LogP contribution is -2.35. The molecule has 0 radical (unpaired) electrons. The van der Waals surface area contributed by atoms with Crippen molar-refractivity contribution in [2.24, 2.45) is 5.92 Å². The molecule has 0 aliphatic heterocycles. The van der Waals surface area contributed by atoms with E-state index in [0.29, 0.717) is 6.04 Å². The molecule has 0 bridgehead atoms. The van der Waals surface area contributed by atoms with Crippen LogP contribution in [0.3, 0.4) is 0 Å². The number of ether oxygens (including phenoxy) is 1. The first-order valence-electron chi connectivity index (χ1n) is 6.07. The van der Waals surface area contributed by atoms with Crippen LogP contribution in [-0.4, -0.2) is 25.8 Å². The van der Waals surface area contributed by atoms with E-state index in [0.717, 1.165) is 25.7 Å². The Labute approximate surface area is 89.4 Å². The SMILES string of the molecule is CCCNC(CC)C(C)CCOCC. The maximum absolute atomic E-state index is 5.38. The minimum Gasteiger partial charge on any atom is -0.382 e. The monoisotopic (exact) mass is 201 g/mol. The normalized spacial score (nSPS) is 15.4. The fourth-order valence-electron chi connectivity index (χ4n) is 1.69. The molecule has 1 N–H and O–H groups in total. The van der Waals surface area contributed by atoms with E-state index in [1.54, 1.807) is 0 Å². The summed E-state index contributed by atoms with van der Waals surface area (Å²) in [5, 5.41) is 3.59. The Morgan fingerprint density at radius 2 is 1.93 bits per heavy atom. The van der Waals surface area contributed by atoms with E-state index in [1.165, 1.54) is 19.3 Å². The molecule has 0 heterocycles. The molecule has 2 atom stereocenters. The summed E-state index contributed by atoms with van der Waals surface area (Å²) in [4.78, 5) is 0. The first-order valence-corrected chi connectivity index (χ1v) is 6.07. The number of hydrogen-bond acceptors (Lipinski definition) is 2. The number of hydrogen-bond donors (Lipinski definition) is 1. The fraction of sp³-hybridized carbons (Fsp3) is 1.00. The zero-order chi connectivity index (χ0) is 10.8. The molecule has 86 valence electrons. The summed E-state index contributed by atoms with van der Waals surface area (Å²) in [6, 6.07) is 0.662.